The molecule has 1 aromatic heterocycles. The number of hydrogen-bond donors (Lipinski definition) is 2. The molecule has 0 radical (unpaired) electrons. The number of thiazole rings is 1. The molecule has 2 aromatic rings. The van der Waals surface area contributed by atoms with Crippen LogP contribution in [0.4, 0.5) is 5.13 Å². The number of Topliss-reactive ketones (excluding diaryl/α,β-unsaturated/α-hetero) is 1. The van der Waals surface area contributed by atoms with E-state index in [9.17, 15) is 14.7 Å². The number of nitrogens with one attached hydrogen (secondary N) is 1. The lowest BCUT2D eigenvalue weighted by Gasteiger charge is -2.49. The average Bonchev–Trinajstić information content (AvgIpc) is 3.29. The third-order valence-electron chi connectivity index (χ3n) is 8.19. The minimum absolute atomic E-state index is 0.0839. The van der Waals surface area contributed by atoms with Crippen LogP contribution in [0.25, 0.3) is 0 Å². The summed E-state index contributed by atoms with van der Waals surface area (Å²) < 4.78 is 0. The molecule has 0 bridgehead atoms. The SMILES string of the molecule is Cc1cnc(NC(=O)CCC2/C(=C\O)C(=O)C3(C)CCC4c5ccccc5CCC4C23)s1. The molecule has 3 aliphatic rings. The molecule has 1 aromatic carbocycles. The van der Waals surface area contributed by atoms with Gasteiger partial charge in [-0.15, -0.1) is 11.3 Å². The summed E-state index contributed by atoms with van der Waals surface area (Å²) >= 11 is 1.46. The quantitative estimate of drug-likeness (QED) is 0.471. The van der Waals surface area contributed by atoms with Crippen molar-refractivity contribution in [1.29, 1.82) is 0 Å². The number of aliphatic hydroxyl groups is 1. The zero-order valence-corrected chi connectivity index (χ0v) is 19.5. The molecule has 0 spiro atoms. The fourth-order valence-corrected chi connectivity index (χ4v) is 7.52. The molecule has 0 saturated heterocycles. The molecule has 32 heavy (non-hydrogen) atoms. The van der Waals surface area contributed by atoms with Crippen LogP contribution in [0.2, 0.25) is 0 Å². The standard InChI is InChI=1S/C26H30N2O3S/c1-15-13-27-25(32-15)28-22(30)10-9-20-21(14-29)24(31)26(2)12-11-18-17-6-4-3-5-16(17)7-8-19(18)23(20)26/h3-6,13-14,18-20,23,29H,7-12H2,1-2H3,(H,27,28,30)/b21-14+. The van der Waals surface area contributed by atoms with Crippen LogP contribution in [0.15, 0.2) is 42.3 Å². The van der Waals surface area contributed by atoms with E-state index < -0.39 is 5.41 Å². The fraction of sp³-hybridized carbons (Fsp3) is 0.500. The second-order valence-corrected chi connectivity index (χ2v) is 11.1. The second kappa shape index (κ2) is 8.14. The predicted octanol–water partition coefficient (Wildman–Crippen LogP) is 5.57. The number of aliphatic hydroxyl groups excluding tert-OH is 1. The molecular formula is C26H30N2O3S. The van der Waals surface area contributed by atoms with Crippen molar-refractivity contribution in [2.45, 2.75) is 58.3 Å². The van der Waals surface area contributed by atoms with Gasteiger partial charge in [0.15, 0.2) is 10.9 Å². The van der Waals surface area contributed by atoms with E-state index >= 15 is 0 Å². The molecule has 168 valence electrons. The Hall–Kier alpha value is -2.47. The van der Waals surface area contributed by atoms with Crippen LogP contribution < -0.4 is 5.32 Å². The van der Waals surface area contributed by atoms with Crippen LogP contribution >= 0.6 is 11.3 Å². The molecule has 1 amide bonds. The summed E-state index contributed by atoms with van der Waals surface area (Å²) in [5.74, 6) is 0.940. The van der Waals surface area contributed by atoms with E-state index in [0.29, 0.717) is 35.4 Å². The second-order valence-electron chi connectivity index (χ2n) is 9.87. The molecule has 0 aliphatic heterocycles. The largest absolute Gasteiger partial charge is 0.515 e. The number of fused-ring (bicyclic) bond motifs is 5. The number of allylic oxidation sites excluding steroid dienone is 1. The summed E-state index contributed by atoms with van der Waals surface area (Å²) in [6.07, 6.45) is 7.61. The van der Waals surface area contributed by atoms with E-state index in [1.807, 2.05) is 6.92 Å². The molecular weight excluding hydrogens is 420 g/mol. The van der Waals surface area contributed by atoms with Gasteiger partial charge in [0, 0.05) is 28.5 Å². The Morgan fingerprint density at radius 3 is 2.91 bits per heavy atom. The molecule has 2 fully saturated rings. The maximum atomic E-state index is 13.4. The van der Waals surface area contributed by atoms with E-state index in [1.54, 1.807) is 6.20 Å². The summed E-state index contributed by atoms with van der Waals surface area (Å²) in [6.45, 7) is 4.05. The van der Waals surface area contributed by atoms with Crippen molar-refractivity contribution >= 4 is 28.2 Å². The molecule has 2 N–H and O–H groups in total. The van der Waals surface area contributed by atoms with Gasteiger partial charge in [0.2, 0.25) is 5.91 Å². The Labute approximate surface area is 193 Å². The Balaban J connectivity index is 1.40. The molecule has 6 heteroatoms. The fourth-order valence-electron chi connectivity index (χ4n) is 6.84. The van der Waals surface area contributed by atoms with Crippen LogP contribution in [0.3, 0.4) is 0 Å². The first kappa shape index (κ1) is 21.4. The Morgan fingerprint density at radius 2 is 2.16 bits per heavy atom. The van der Waals surface area contributed by atoms with Gasteiger partial charge >= 0.3 is 0 Å². The number of amides is 1. The minimum atomic E-state index is -0.449. The van der Waals surface area contributed by atoms with Crippen molar-refractivity contribution in [3.63, 3.8) is 0 Å². The topological polar surface area (TPSA) is 79.3 Å². The molecule has 3 aliphatic carbocycles. The maximum Gasteiger partial charge on any atom is 0.226 e. The molecule has 5 rings (SSSR count). The summed E-state index contributed by atoms with van der Waals surface area (Å²) in [4.78, 5) is 31.3. The lowest BCUT2D eigenvalue weighted by molar-refractivity contribution is -0.127. The van der Waals surface area contributed by atoms with E-state index in [0.717, 1.165) is 36.8 Å². The number of hydrogen-bond acceptors (Lipinski definition) is 5. The number of benzene rings is 1. The molecule has 2 saturated carbocycles. The van der Waals surface area contributed by atoms with Gasteiger partial charge in [-0.2, -0.15) is 0 Å². The van der Waals surface area contributed by atoms with E-state index in [-0.39, 0.29) is 23.5 Å². The van der Waals surface area contributed by atoms with Gasteiger partial charge in [-0.3, -0.25) is 9.59 Å². The number of aryl methyl sites for hydroxylation is 2. The van der Waals surface area contributed by atoms with Crippen LogP contribution in [-0.2, 0) is 16.0 Å². The van der Waals surface area contributed by atoms with Gasteiger partial charge in [-0.25, -0.2) is 4.98 Å². The average molecular weight is 451 g/mol. The highest BCUT2D eigenvalue weighted by Gasteiger charge is 2.60. The molecule has 5 nitrogen and oxygen atoms in total. The number of nitrogens with zero attached hydrogens (tertiary/aromatic N) is 1. The van der Waals surface area contributed by atoms with Gasteiger partial charge in [0.25, 0.3) is 0 Å². The van der Waals surface area contributed by atoms with E-state index in [4.69, 9.17) is 0 Å². The van der Waals surface area contributed by atoms with E-state index in [1.165, 1.54) is 22.5 Å². The zero-order chi connectivity index (χ0) is 22.5. The molecule has 1 heterocycles. The zero-order valence-electron chi connectivity index (χ0n) is 18.6. The predicted molar refractivity (Wildman–Crippen MR) is 126 cm³/mol. The van der Waals surface area contributed by atoms with Crippen LogP contribution in [0, 0.1) is 30.1 Å². The Bertz CT molecular complexity index is 1090. The summed E-state index contributed by atoms with van der Waals surface area (Å²) in [6, 6.07) is 8.73. The first-order valence-corrected chi connectivity index (χ1v) is 12.4. The number of rotatable bonds is 4. The number of anilines is 1. The summed E-state index contributed by atoms with van der Waals surface area (Å²) in [5.41, 5.74) is 2.95. The van der Waals surface area contributed by atoms with Gasteiger partial charge in [0.05, 0.1) is 6.26 Å². The third kappa shape index (κ3) is 3.40. The monoisotopic (exact) mass is 450 g/mol. The number of ketones is 1. The number of carbonyl (C=O) groups excluding carboxylic acids is 2. The van der Waals surface area contributed by atoms with Gasteiger partial charge in [0.1, 0.15) is 0 Å². The Morgan fingerprint density at radius 1 is 1.34 bits per heavy atom. The van der Waals surface area contributed by atoms with Gasteiger partial charge < -0.3 is 10.4 Å². The lowest BCUT2D eigenvalue weighted by atomic mass is 9.54. The lowest BCUT2D eigenvalue weighted by Crippen LogP contribution is -2.44. The highest BCUT2D eigenvalue weighted by Crippen LogP contribution is 2.63. The first-order chi connectivity index (χ1) is 15.4. The molecule has 5 unspecified atom stereocenters. The van der Waals surface area contributed by atoms with Crippen molar-refractivity contribution in [3.05, 3.63) is 58.3 Å². The first-order valence-electron chi connectivity index (χ1n) is 11.6. The normalized spacial score (nSPS) is 32.3. The third-order valence-corrected chi connectivity index (χ3v) is 9.02. The van der Waals surface area contributed by atoms with Crippen molar-refractivity contribution in [3.8, 4) is 0 Å². The molecule has 5 atom stereocenters. The van der Waals surface area contributed by atoms with Crippen LogP contribution in [-0.4, -0.2) is 21.8 Å². The van der Waals surface area contributed by atoms with Crippen LogP contribution in [0.5, 0.6) is 0 Å². The number of carbonyl (C=O) groups is 2. The van der Waals surface area contributed by atoms with Crippen LogP contribution in [0.1, 0.15) is 60.9 Å². The smallest absolute Gasteiger partial charge is 0.226 e. The van der Waals surface area contributed by atoms with Gasteiger partial charge in [-0.05, 0) is 73.8 Å². The van der Waals surface area contributed by atoms with E-state index in [2.05, 4.69) is 41.5 Å². The van der Waals surface area contributed by atoms with Crippen molar-refractivity contribution in [2.75, 3.05) is 5.32 Å². The van der Waals surface area contributed by atoms with Crippen molar-refractivity contribution < 1.29 is 14.7 Å². The van der Waals surface area contributed by atoms with Crippen molar-refractivity contribution in [1.82, 2.24) is 4.98 Å². The summed E-state index contributed by atoms with van der Waals surface area (Å²) in [7, 11) is 0. The highest BCUT2D eigenvalue weighted by molar-refractivity contribution is 7.15. The van der Waals surface area contributed by atoms with Crippen molar-refractivity contribution in [2.24, 2.45) is 23.2 Å². The highest BCUT2D eigenvalue weighted by atomic mass is 32.1. The number of aromatic nitrogens is 1. The minimum Gasteiger partial charge on any atom is -0.515 e. The summed E-state index contributed by atoms with van der Waals surface area (Å²) in [5, 5.41) is 13.5. The Kier molecular flexibility index (Phi) is 5.44. The maximum absolute atomic E-state index is 13.4. The van der Waals surface area contributed by atoms with Gasteiger partial charge in [-0.1, -0.05) is 31.2 Å².